The molecular formula is C13H16BrN3O3S. The van der Waals surface area contributed by atoms with Gasteiger partial charge in [-0.25, -0.2) is 17.6 Å². The first kappa shape index (κ1) is 17.4. The van der Waals surface area contributed by atoms with Crippen molar-refractivity contribution in [3.8, 4) is 0 Å². The number of rotatable bonds is 5. The van der Waals surface area contributed by atoms with Crippen molar-refractivity contribution >= 4 is 21.5 Å². The summed E-state index contributed by atoms with van der Waals surface area (Å²) in [5.41, 5.74) is 0.983. The minimum Gasteiger partial charge on any atom is -1.00 e. The number of carbonyl (C=O) groups is 1. The summed E-state index contributed by atoms with van der Waals surface area (Å²) in [6.45, 7) is 0.250. The molecule has 0 radical (unpaired) electrons. The fourth-order valence-electron chi connectivity index (χ4n) is 1.79. The van der Waals surface area contributed by atoms with Gasteiger partial charge in [0.25, 0.3) is 0 Å². The molecule has 0 spiro atoms. The molecule has 8 heteroatoms. The molecule has 2 rings (SSSR count). The Bertz CT molecular complexity index is 723. The van der Waals surface area contributed by atoms with Crippen LogP contribution in [0.5, 0.6) is 0 Å². The number of hydrogen-bond acceptors (Lipinski definition) is 3. The summed E-state index contributed by atoms with van der Waals surface area (Å²) in [7, 11) is -1.42. The van der Waals surface area contributed by atoms with Crippen molar-refractivity contribution in [1.29, 1.82) is 0 Å². The molecule has 2 aromatic rings. The molecule has 0 fully saturated rings. The number of nitrogens with zero attached hydrogens (tertiary/aromatic N) is 2. The summed E-state index contributed by atoms with van der Waals surface area (Å²) >= 11 is 0. The lowest BCUT2D eigenvalue weighted by Crippen LogP contribution is -3.00. The average Bonchev–Trinajstić information content (AvgIpc) is 2.73. The number of sulfonamides is 1. The maximum absolute atomic E-state index is 12.1. The summed E-state index contributed by atoms with van der Waals surface area (Å²) in [5.74, 6) is -0.0351. The summed E-state index contributed by atoms with van der Waals surface area (Å²) in [6.07, 6.45) is 6.57. The third-order valence-electron chi connectivity index (χ3n) is 2.66. The van der Waals surface area contributed by atoms with Crippen LogP contribution in [0.25, 0.3) is 0 Å². The Hall–Kier alpha value is -1.67. The van der Waals surface area contributed by atoms with E-state index in [0.717, 1.165) is 6.26 Å². The number of ketones is 1. The van der Waals surface area contributed by atoms with Gasteiger partial charge in [-0.05, 0) is 24.3 Å². The topological polar surface area (TPSA) is 72.0 Å². The maximum atomic E-state index is 12.1. The van der Waals surface area contributed by atoms with Gasteiger partial charge in [0.05, 0.1) is 13.3 Å². The van der Waals surface area contributed by atoms with E-state index in [1.165, 1.54) is 0 Å². The molecule has 0 saturated heterocycles. The highest BCUT2D eigenvalue weighted by atomic mass is 79.9. The first-order valence-electron chi connectivity index (χ1n) is 5.95. The van der Waals surface area contributed by atoms with E-state index in [9.17, 15) is 13.2 Å². The van der Waals surface area contributed by atoms with Gasteiger partial charge in [-0.2, -0.15) is 0 Å². The van der Waals surface area contributed by atoms with Gasteiger partial charge in [0.1, 0.15) is 12.4 Å². The van der Waals surface area contributed by atoms with Gasteiger partial charge in [-0.1, -0.05) is 0 Å². The van der Waals surface area contributed by atoms with Crippen molar-refractivity contribution in [2.75, 3.05) is 11.0 Å². The predicted octanol–water partition coefficient (Wildman–Crippen LogP) is -2.43. The van der Waals surface area contributed by atoms with Crippen LogP contribution in [0.2, 0.25) is 0 Å². The summed E-state index contributed by atoms with van der Waals surface area (Å²) < 4.78 is 28.1. The first-order valence-corrected chi connectivity index (χ1v) is 7.85. The molecule has 1 aromatic heterocycles. The number of aromatic nitrogens is 2. The molecule has 0 amide bonds. The van der Waals surface area contributed by atoms with Crippen LogP contribution >= 0.6 is 0 Å². The third-order valence-corrected chi connectivity index (χ3v) is 3.27. The number of hydrogen-bond donors (Lipinski definition) is 1. The second-order valence-electron chi connectivity index (χ2n) is 4.63. The largest absolute Gasteiger partial charge is 1.00 e. The number of imidazole rings is 1. The van der Waals surface area contributed by atoms with Gasteiger partial charge in [0.2, 0.25) is 22.1 Å². The lowest BCUT2D eigenvalue weighted by atomic mass is 10.1. The monoisotopic (exact) mass is 373 g/mol. The zero-order valence-corrected chi connectivity index (χ0v) is 14.1. The van der Waals surface area contributed by atoms with E-state index in [4.69, 9.17) is 0 Å². The van der Waals surface area contributed by atoms with E-state index in [0.29, 0.717) is 11.3 Å². The Balaban J connectivity index is 0.00000220. The zero-order valence-electron chi connectivity index (χ0n) is 11.7. The SMILES string of the molecule is C[n+]1ccn(CC(=O)c2ccc(NS(C)(=O)=O)cc2)c1.[Br-]. The second kappa shape index (κ2) is 6.86. The van der Waals surface area contributed by atoms with Gasteiger partial charge in [0.15, 0.2) is 6.54 Å². The molecule has 21 heavy (non-hydrogen) atoms. The number of nitrogens with one attached hydrogen (secondary N) is 1. The maximum Gasteiger partial charge on any atom is 0.243 e. The summed E-state index contributed by atoms with van der Waals surface area (Å²) in [6, 6.07) is 6.37. The van der Waals surface area contributed by atoms with Crippen molar-refractivity contribution in [2.45, 2.75) is 6.54 Å². The van der Waals surface area contributed by atoms with Crippen LogP contribution in [0.15, 0.2) is 43.0 Å². The number of Topliss-reactive ketones (excluding diaryl/α,β-unsaturated/α-hetero) is 1. The molecule has 0 bridgehead atoms. The third kappa shape index (κ3) is 5.31. The van der Waals surface area contributed by atoms with Gasteiger partial charge >= 0.3 is 0 Å². The quantitative estimate of drug-likeness (QED) is 0.468. The van der Waals surface area contributed by atoms with Crippen LogP contribution in [-0.2, 0) is 23.6 Å². The summed E-state index contributed by atoms with van der Waals surface area (Å²) in [5, 5.41) is 0. The molecule has 6 nitrogen and oxygen atoms in total. The minimum atomic E-state index is -3.30. The van der Waals surface area contributed by atoms with Crippen molar-refractivity contribution in [2.24, 2.45) is 7.05 Å². The average molecular weight is 374 g/mol. The molecule has 0 saturated carbocycles. The van der Waals surface area contributed by atoms with Crippen molar-refractivity contribution < 1.29 is 34.8 Å². The Labute approximate surface area is 134 Å². The number of halogens is 1. The molecule has 0 aliphatic heterocycles. The lowest BCUT2D eigenvalue weighted by Gasteiger charge is -2.04. The van der Waals surface area contributed by atoms with Crippen molar-refractivity contribution in [3.63, 3.8) is 0 Å². The highest BCUT2D eigenvalue weighted by Crippen LogP contribution is 2.11. The second-order valence-corrected chi connectivity index (χ2v) is 6.37. The lowest BCUT2D eigenvalue weighted by molar-refractivity contribution is -0.671. The first-order chi connectivity index (χ1) is 9.33. The number of benzene rings is 1. The number of aryl methyl sites for hydroxylation is 1. The van der Waals surface area contributed by atoms with Crippen LogP contribution in [0.4, 0.5) is 5.69 Å². The Morgan fingerprint density at radius 1 is 1.29 bits per heavy atom. The van der Waals surface area contributed by atoms with Crippen LogP contribution in [0, 0.1) is 0 Å². The fourth-order valence-corrected chi connectivity index (χ4v) is 2.35. The number of anilines is 1. The molecule has 0 unspecified atom stereocenters. The van der Waals surface area contributed by atoms with Crippen molar-refractivity contribution in [3.05, 3.63) is 48.5 Å². The highest BCUT2D eigenvalue weighted by Gasteiger charge is 2.11. The van der Waals surface area contributed by atoms with Crippen LogP contribution in [0.3, 0.4) is 0 Å². The van der Waals surface area contributed by atoms with E-state index < -0.39 is 10.0 Å². The van der Waals surface area contributed by atoms with Crippen LogP contribution < -0.4 is 26.3 Å². The van der Waals surface area contributed by atoms with Gasteiger partial charge < -0.3 is 17.0 Å². The number of carbonyl (C=O) groups excluding carboxylic acids is 1. The fraction of sp³-hybridized carbons (Fsp3) is 0.231. The normalized spacial score (nSPS) is 10.8. The molecule has 1 heterocycles. The van der Waals surface area contributed by atoms with E-state index >= 15 is 0 Å². The zero-order chi connectivity index (χ0) is 14.8. The van der Waals surface area contributed by atoms with E-state index in [1.54, 1.807) is 28.8 Å². The minimum absolute atomic E-state index is 0. The standard InChI is InChI=1S/C13H15N3O3S.BrH/c1-15-7-8-16(10-15)9-13(17)11-3-5-12(6-4-11)14-20(2,18)19;/h3-8,10H,9H2,1-2H3;1H. The Morgan fingerprint density at radius 2 is 1.90 bits per heavy atom. The Morgan fingerprint density at radius 3 is 2.38 bits per heavy atom. The van der Waals surface area contributed by atoms with E-state index in [1.807, 2.05) is 30.3 Å². The van der Waals surface area contributed by atoms with Gasteiger partial charge in [-0.15, -0.1) is 0 Å². The Kier molecular flexibility index (Phi) is 5.68. The van der Waals surface area contributed by atoms with E-state index in [-0.39, 0.29) is 29.3 Å². The molecule has 0 aliphatic rings. The van der Waals surface area contributed by atoms with Gasteiger partial charge in [0, 0.05) is 11.3 Å². The predicted molar refractivity (Wildman–Crippen MR) is 74.8 cm³/mol. The van der Waals surface area contributed by atoms with E-state index in [2.05, 4.69) is 4.72 Å². The van der Waals surface area contributed by atoms with Crippen LogP contribution in [0.1, 0.15) is 10.4 Å². The highest BCUT2D eigenvalue weighted by molar-refractivity contribution is 7.92. The molecule has 1 aromatic carbocycles. The van der Waals surface area contributed by atoms with Crippen molar-refractivity contribution in [1.82, 2.24) is 4.57 Å². The molecular weight excluding hydrogens is 358 g/mol. The smallest absolute Gasteiger partial charge is 0.243 e. The molecule has 0 aliphatic carbocycles. The summed E-state index contributed by atoms with van der Waals surface area (Å²) in [4.78, 5) is 12.1. The molecule has 1 N–H and O–H groups in total. The molecule has 0 atom stereocenters. The molecule has 114 valence electrons. The van der Waals surface area contributed by atoms with Crippen LogP contribution in [-0.4, -0.2) is 25.0 Å². The van der Waals surface area contributed by atoms with Gasteiger partial charge in [-0.3, -0.25) is 9.52 Å².